The molecule has 1 aliphatic heterocycles. The Bertz CT molecular complexity index is 1010. The van der Waals surface area contributed by atoms with Gasteiger partial charge >= 0.3 is 0 Å². The maximum absolute atomic E-state index is 12.7. The van der Waals surface area contributed by atoms with Crippen molar-refractivity contribution in [3.63, 3.8) is 0 Å². The number of methoxy groups -OCH3 is 1. The number of aromatic nitrogens is 1. The Labute approximate surface area is 171 Å². The van der Waals surface area contributed by atoms with Crippen LogP contribution in [0.25, 0.3) is 10.9 Å². The predicted molar refractivity (Wildman–Crippen MR) is 117 cm³/mol. The Morgan fingerprint density at radius 3 is 2.62 bits per heavy atom. The van der Waals surface area contributed by atoms with Gasteiger partial charge in [0.25, 0.3) is 0 Å². The number of rotatable bonds is 5. The van der Waals surface area contributed by atoms with Gasteiger partial charge in [0.15, 0.2) is 0 Å². The molecule has 2 heterocycles. The number of piperazine rings is 1. The molecule has 0 atom stereocenters. The summed E-state index contributed by atoms with van der Waals surface area (Å²) < 4.78 is 5.26. The van der Waals surface area contributed by atoms with Gasteiger partial charge in [-0.1, -0.05) is 30.3 Å². The van der Waals surface area contributed by atoms with Crippen molar-refractivity contribution in [2.24, 2.45) is 0 Å². The molecule has 1 amide bonds. The van der Waals surface area contributed by atoms with E-state index in [4.69, 9.17) is 9.72 Å². The molecule has 0 radical (unpaired) electrons. The van der Waals surface area contributed by atoms with E-state index in [-0.39, 0.29) is 5.91 Å². The Morgan fingerprint density at radius 2 is 1.83 bits per heavy atom. The smallest absolute Gasteiger partial charge is 0.223 e. The van der Waals surface area contributed by atoms with Crippen molar-refractivity contribution < 1.29 is 9.53 Å². The molecule has 150 valence electrons. The maximum Gasteiger partial charge on any atom is 0.223 e. The van der Waals surface area contributed by atoms with Crippen LogP contribution in [-0.4, -0.2) is 49.1 Å². The molecular formula is C24H27N3O2. The summed E-state index contributed by atoms with van der Waals surface area (Å²) in [6.07, 6.45) is 1.27. The van der Waals surface area contributed by atoms with Gasteiger partial charge in [0.2, 0.25) is 5.91 Å². The highest BCUT2D eigenvalue weighted by atomic mass is 16.5. The minimum atomic E-state index is 0.218. The fourth-order valence-corrected chi connectivity index (χ4v) is 3.94. The number of anilines is 1. The summed E-state index contributed by atoms with van der Waals surface area (Å²) in [6, 6.07) is 18.3. The second-order valence-electron chi connectivity index (χ2n) is 7.54. The number of ether oxygens (including phenoxy) is 1. The molecule has 1 saturated heterocycles. The average Bonchev–Trinajstić information content (AvgIpc) is 2.77. The van der Waals surface area contributed by atoms with E-state index in [1.165, 1.54) is 10.9 Å². The van der Waals surface area contributed by atoms with Gasteiger partial charge in [-0.2, -0.15) is 0 Å². The third-order valence-corrected chi connectivity index (χ3v) is 5.58. The highest BCUT2D eigenvalue weighted by molar-refractivity contribution is 5.82. The molecule has 0 N–H and O–H groups in total. The molecule has 0 unspecified atom stereocenters. The molecule has 1 aliphatic rings. The van der Waals surface area contributed by atoms with Gasteiger partial charge in [-0.15, -0.1) is 0 Å². The quantitative estimate of drug-likeness (QED) is 0.665. The molecule has 0 aliphatic carbocycles. The number of fused-ring (bicyclic) bond motifs is 1. The van der Waals surface area contributed by atoms with Crippen molar-refractivity contribution in [3.8, 4) is 5.75 Å². The summed E-state index contributed by atoms with van der Waals surface area (Å²) in [5, 5.41) is 1.17. The minimum absolute atomic E-state index is 0.218. The zero-order valence-electron chi connectivity index (χ0n) is 17.1. The third kappa shape index (κ3) is 4.34. The number of carbonyl (C=O) groups is 1. The zero-order chi connectivity index (χ0) is 20.2. The summed E-state index contributed by atoms with van der Waals surface area (Å²) in [7, 11) is 1.66. The van der Waals surface area contributed by atoms with Crippen molar-refractivity contribution in [1.29, 1.82) is 0 Å². The van der Waals surface area contributed by atoms with Gasteiger partial charge in [0, 0.05) is 38.0 Å². The number of nitrogens with zero attached hydrogens (tertiary/aromatic N) is 3. The largest absolute Gasteiger partial charge is 0.497 e. The van der Waals surface area contributed by atoms with Crippen LogP contribution in [0.3, 0.4) is 0 Å². The lowest BCUT2D eigenvalue weighted by atomic mass is 10.1. The van der Waals surface area contributed by atoms with E-state index in [9.17, 15) is 4.79 Å². The van der Waals surface area contributed by atoms with Gasteiger partial charge in [-0.25, -0.2) is 4.98 Å². The van der Waals surface area contributed by atoms with Crippen molar-refractivity contribution in [3.05, 3.63) is 65.7 Å². The van der Waals surface area contributed by atoms with Crippen LogP contribution in [-0.2, 0) is 11.2 Å². The lowest BCUT2D eigenvalue weighted by Crippen LogP contribution is -2.49. The standard InChI is InChI=1S/C24H27N3O2/c1-18-16-20-7-3-4-9-22(20)25-24(18)27-14-12-26(13-15-27)23(28)11-10-19-6-5-8-21(17-19)29-2/h3-9,16-17H,10-15H2,1-2H3. The Morgan fingerprint density at radius 1 is 1.03 bits per heavy atom. The second kappa shape index (κ2) is 8.52. The van der Waals surface area contributed by atoms with Crippen LogP contribution in [0.15, 0.2) is 54.6 Å². The SMILES string of the molecule is COc1cccc(CCC(=O)N2CCN(c3nc4ccccc4cc3C)CC2)c1. The Balaban J connectivity index is 1.35. The molecule has 0 bridgehead atoms. The number of aryl methyl sites for hydroxylation is 2. The lowest BCUT2D eigenvalue weighted by Gasteiger charge is -2.36. The molecule has 5 heteroatoms. The van der Waals surface area contributed by atoms with Gasteiger partial charge < -0.3 is 14.5 Å². The first kappa shape index (κ1) is 19.2. The fourth-order valence-electron chi connectivity index (χ4n) is 3.94. The molecular weight excluding hydrogens is 362 g/mol. The van der Waals surface area contributed by atoms with E-state index in [0.29, 0.717) is 6.42 Å². The molecule has 2 aromatic carbocycles. The van der Waals surface area contributed by atoms with Crippen LogP contribution in [0.5, 0.6) is 5.75 Å². The van der Waals surface area contributed by atoms with Crippen LogP contribution in [0, 0.1) is 6.92 Å². The predicted octanol–water partition coefficient (Wildman–Crippen LogP) is 3.83. The van der Waals surface area contributed by atoms with Crippen molar-refractivity contribution in [1.82, 2.24) is 9.88 Å². The van der Waals surface area contributed by atoms with E-state index in [2.05, 4.69) is 30.0 Å². The molecule has 3 aromatic rings. The summed E-state index contributed by atoms with van der Waals surface area (Å²) in [5.41, 5.74) is 3.33. The molecule has 4 rings (SSSR count). The summed E-state index contributed by atoms with van der Waals surface area (Å²) in [5.74, 6) is 2.09. The minimum Gasteiger partial charge on any atom is -0.497 e. The van der Waals surface area contributed by atoms with Gasteiger partial charge in [0.1, 0.15) is 11.6 Å². The molecule has 0 spiro atoms. The first-order chi connectivity index (χ1) is 14.1. The van der Waals surface area contributed by atoms with Crippen LogP contribution >= 0.6 is 0 Å². The molecule has 29 heavy (non-hydrogen) atoms. The number of para-hydroxylation sites is 1. The fraction of sp³-hybridized carbons (Fsp3) is 0.333. The van der Waals surface area contributed by atoms with Crippen LogP contribution in [0.4, 0.5) is 5.82 Å². The normalized spacial score (nSPS) is 14.3. The third-order valence-electron chi connectivity index (χ3n) is 5.58. The molecule has 5 nitrogen and oxygen atoms in total. The first-order valence-electron chi connectivity index (χ1n) is 10.2. The zero-order valence-corrected chi connectivity index (χ0v) is 17.1. The summed E-state index contributed by atoms with van der Waals surface area (Å²) in [4.78, 5) is 21.8. The van der Waals surface area contributed by atoms with E-state index in [0.717, 1.165) is 55.2 Å². The highest BCUT2D eigenvalue weighted by Gasteiger charge is 2.23. The van der Waals surface area contributed by atoms with Crippen LogP contribution < -0.4 is 9.64 Å². The molecule has 0 saturated carbocycles. The highest BCUT2D eigenvalue weighted by Crippen LogP contribution is 2.24. The molecule has 1 fully saturated rings. The van der Waals surface area contributed by atoms with E-state index < -0.39 is 0 Å². The average molecular weight is 389 g/mol. The van der Waals surface area contributed by atoms with Crippen LogP contribution in [0.2, 0.25) is 0 Å². The van der Waals surface area contributed by atoms with Gasteiger partial charge in [-0.3, -0.25) is 4.79 Å². The van der Waals surface area contributed by atoms with E-state index >= 15 is 0 Å². The first-order valence-corrected chi connectivity index (χ1v) is 10.2. The Hall–Kier alpha value is -3.08. The van der Waals surface area contributed by atoms with E-state index in [1.807, 2.05) is 41.3 Å². The number of pyridine rings is 1. The number of amides is 1. The number of hydrogen-bond donors (Lipinski definition) is 0. The maximum atomic E-state index is 12.7. The number of hydrogen-bond acceptors (Lipinski definition) is 4. The summed E-state index contributed by atoms with van der Waals surface area (Å²) >= 11 is 0. The van der Waals surface area contributed by atoms with Gasteiger partial charge in [-0.05, 0) is 48.7 Å². The number of benzene rings is 2. The Kier molecular flexibility index (Phi) is 5.65. The molecule has 1 aromatic heterocycles. The number of carbonyl (C=O) groups excluding carboxylic acids is 1. The van der Waals surface area contributed by atoms with Crippen LogP contribution in [0.1, 0.15) is 17.5 Å². The van der Waals surface area contributed by atoms with Crippen molar-refractivity contribution in [2.45, 2.75) is 19.8 Å². The van der Waals surface area contributed by atoms with E-state index in [1.54, 1.807) is 7.11 Å². The van der Waals surface area contributed by atoms with Gasteiger partial charge in [0.05, 0.1) is 12.6 Å². The lowest BCUT2D eigenvalue weighted by molar-refractivity contribution is -0.131. The summed E-state index contributed by atoms with van der Waals surface area (Å²) in [6.45, 7) is 5.23. The van der Waals surface area contributed by atoms with Crippen molar-refractivity contribution >= 4 is 22.6 Å². The topological polar surface area (TPSA) is 45.7 Å². The second-order valence-corrected chi connectivity index (χ2v) is 7.54. The monoisotopic (exact) mass is 389 g/mol. The van der Waals surface area contributed by atoms with Crippen molar-refractivity contribution in [2.75, 3.05) is 38.2 Å².